The molecule has 2 N–H and O–H groups in total. The van der Waals surface area contributed by atoms with Crippen LogP contribution in [0.3, 0.4) is 0 Å². The third-order valence-corrected chi connectivity index (χ3v) is 4.13. The van der Waals surface area contributed by atoms with Gasteiger partial charge in [0.05, 0.1) is 5.52 Å². The quantitative estimate of drug-likeness (QED) is 0.577. The zero-order valence-corrected chi connectivity index (χ0v) is 12.8. The number of carboxylic acids is 1. The maximum absolute atomic E-state index is 11.2. The number of aromatic nitrogens is 2. The summed E-state index contributed by atoms with van der Waals surface area (Å²) < 4.78 is 0. The van der Waals surface area contributed by atoms with Crippen molar-refractivity contribution in [3.05, 3.63) is 30.6 Å². The summed E-state index contributed by atoms with van der Waals surface area (Å²) in [5.74, 6) is -0.0918. The van der Waals surface area contributed by atoms with Crippen LogP contribution in [0.15, 0.2) is 35.6 Å². The minimum Gasteiger partial charge on any atom is -0.480 e. The van der Waals surface area contributed by atoms with Gasteiger partial charge >= 0.3 is 5.97 Å². The Hall–Kier alpha value is -1.66. The van der Waals surface area contributed by atoms with Gasteiger partial charge in [-0.1, -0.05) is 25.1 Å². The zero-order valence-electron chi connectivity index (χ0n) is 12.0. The predicted octanol–water partition coefficient (Wildman–Crippen LogP) is 2.56. The van der Waals surface area contributed by atoms with Crippen LogP contribution in [0.25, 0.3) is 10.9 Å². The molecule has 2 aromatic rings. The lowest BCUT2D eigenvalue weighted by Gasteiger charge is -2.13. The summed E-state index contributed by atoms with van der Waals surface area (Å²) in [6.45, 7) is 2.74. The van der Waals surface area contributed by atoms with Crippen molar-refractivity contribution in [3.8, 4) is 0 Å². The van der Waals surface area contributed by atoms with E-state index in [4.69, 9.17) is 0 Å². The highest BCUT2D eigenvalue weighted by molar-refractivity contribution is 7.99. The fourth-order valence-electron chi connectivity index (χ4n) is 2.00. The average molecular weight is 305 g/mol. The van der Waals surface area contributed by atoms with E-state index in [-0.39, 0.29) is 0 Å². The Morgan fingerprint density at radius 1 is 1.38 bits per heavy atom. The third kappa shape index (κ3) is 4.41. The number of para-hydroxylation sites is 1. The molecule has 0 fully saturated rings. The van der Waals surface area contributed by atoms with Gasteiger partial charge < -0.3 is 10.4 Å². The van der Waals surface area contributed by atoms with Gasteiger partial charge in [-0.25, -0.2) is 9.97 Å². The van der Waals surface area contributed by atoms with Gasteiger partial charge in [0.1, 0.15) is 17.4 Å². The van der Waals surface area contributed by atoms with Gasteiger partial charge in [0.25, 0.3) is 0 Å². The van der Waals surface area contributed by atoms with Gasteiger partial charge in [0.2, 0.25) is 0 Å². The molecule has 1 aromatic heterocycles. The summed E-state index contributed by atoms with van der Waals surface area (Å²) in [4.78, 5) is 19.7. The number of nitrogens with one attached hydrogen (secondary N) is 1. The molecule has 1 heterocycles. The summed E-state index contributed by atoms with van der Waals surface area (Å²) in [5.41, 5.74) is 0.911. The molecule has 0 amide bonds. The highest BCUT2D eigenvalue weighted by atomic mass is 32.2. The average Bonchev–Trinajstić information content (AvgIpc) is 2.50. The van der Waals surface area contributed by atoms with Crippen molar-refractivity contribution in [2.75, 3.05) is 12.3 Å². The summed E-state index contributed by atoms with van der Waals surface area (Å²) in [7, 11) is 0. The molecule has 112 valence electrons. The molecule has 0 radical (unpaired) electrons. The lowest BCUT2D eigenvalue weighted by Crippen LogP contribution is -2.37. The predicted molar refractivity (Wildman–Crippen MR) is 84.6 cm³/mol. The van der Waals surface area contributed by atoms with E-state index >= 15 is 0 Å². The van der Waals surface area contributed by atoms with Crippen molar-refractivity contribution in [2.45, 2.75) is 30.8 Å². The van der Waals surface area contributed by atoms with Crippen LogP contribution >= 0.6 is 11.8 Å². The molecule has 0 aliphatic rings. The second-order valence-corrected chi connectivity index (χ2v) is 5.76. The Kier molecular flexibility index (Phi) is 5.95. The SMILES string of the molecule is CCCNC(CCSc1ncnc2ccccc12)C(=O)O. The summed E-state index contributed by atoms with van der Waals surface area (Å²) in [6, 6.07) is 7.34. The first-order chi connectivity index (χ1) is 10.2. The van der Waals surface area contributed by atoms with Gasteiger partial charge in [-0.05, 0) is 25.5 Å². The number of aliphatic carboxylic acids is 1. The van der Waals surface area contributed by atoms with Crippen molar-refractivity contribution in [1.82, 2.24) is 15.3 Å². The molecule has 0 bridgehead atoms. The van der Waals surface area contributed by atoms with E-state index < -0.39 is 12.0 Å². The van der Waals surface area contributed by atoms with Crippen LogP contribution in [0, 0.1) is 0 Å². The number of hydrogen-bond donors (Lipinski definition) is 2. The lowest BCUT2D eigenvalue weighted by molar-refractivity contribution is -0.139. The lowest BCUT2D eigenvalue weighted by atomic mass is 10.2. The summed E-state index contributed by atoms with van der Waals surface area (Å²) >= 11 is 1.57. The highest BCUT2D eigenvalue weighted by Crippen LogP contribution is 2.24. The monoisotopic (exact) mass is 305 g/mol. The van der Waals surface area contributed by atoms with E-state index in [1.807, 2.05) is 31.2 Å². The zero-order chi connectivity index (χ0) is 15.1. The van der Waals surface area contributed by atoms with Gasteiger partial charge in [-0.3, -0.25) is 4.79 Å². The van der Waals surface area contributed by atoms with Gasteiger partial charge in [-0.2, -0.15) is 0 Å². The molecular weight excluding hydrogens is 286 g/mol. The van der Waals surface area contributed by atoms with E-state index in [1.165, 1.54) is 0 Å². The Morgan fingerprint density at radius 3 is 2.95 bits per heavy atom. The molecule has 5 nitrogen and oxygen atoms in total. The van der Waals surface area contributed by atoms with Gasteiger partial charge in [0.15, 0.2) is 0 Å². The Balaban J connectivity index is 1.96. The van der Waals surface area contributed by atoms with Crippen molar-refractivity contribution >= 4 is 28.6 Å². The Morgan fingerprint density at radius 2 is 2.19 bits per heavy atom. The van der Waals surface area contributed by atoms with Gasteiger partial charge in [-0.15, -0.1) is 11.8 Å². The number of rotatable bonds is 8. The Bertz CT molecular complexity index is 601. The minimum atomic E-state index is -0.795. The third-order valence-electron chi connectivity index (χ3n) is 3.09. The van der Waals surface area contributed by atoms with Crippen LogP contribution in [-0.2, 0) is 4.79 Å². The molecular formula is C15H19N3O2S. The fourth-order valence-corrected chi connectivity index (χ4v) is 3.00. The molecule has 0 aliphatic carbocycles. The van der Waals surface area contributed by atoms with E-state index in [1.54, 1.807) is 18.1 Å². The number of thioether (sulfide) groups is 1. The Labute approximate surface area is 128 Å². The number of fused-ring (bicyclic) bond motifs is 1. The molecule has 0 spiro atoms. The molecule has 21 heavy (non-hydrogen) atoms. The van der Waals surface area contributed by atoms with Crippen LogP contribution in [-0.4, -0.2) is 39.4 Å². The number of hydrogen-bond acceptors (Lipinski definition) is 5. The van der Waals surface area contributed by atoms with Crippen molar-refractivity contribution in [1.29, 1.82) is 0 Å². The normalized spacial score (nSPS) is 12.4. The number of nitrogens with zero attached hydrogens (tertiary/aromatic N) is 2. The first-order valence-electron chi connectivity index (χ1n) is 7.01. The van der Waals surface area contributed by atoms with E-state index in [0.29, 0.717) is 12.2 Å². The first kappa shape index (κ1) is 15.7. The molecule has 0 saturated carbocycles. The largest absolute Gasteiger partial charge is 0.480 e. The first-order valence-corrected chi connectivity index (χ1v) is 7.99. The van der Waals surface area contributed by atoms with Crippen LogP contribution < -0.4 is 5.32 Å². The number of carbonyl (C=O) groups is 1. The summed E-state index contributed by atoms with van der Waals surface area (Å²) in [5, 5.41) is 14.1. The topological polar surface area (TPSA) is 75.1 Å². The fraction of sp³-hybridized carbons (Fsp3) is 0.400. The van der Waals surface area contributed by atoms with E-state index in [2.05, 4.69) is 15.3 Å². The van der Waals surface area contributed by atoms with E-state index in [9.17, 15) is 9.90 Å². The number of benzene rings is 1. The van der Waals surface area contributed by atoms with Crippen LogP contribution in [0.2, 0.25) is 0 Å². The maximum Gasteiger partial charge on any atom is 0.320 e. The standard InChI is InChI=1S/C15H19N3O2S/c1-2-8-16-13(15(19)20)7-9-21-14-11-5-3-4-6-12(11)17-10-18-14/h3-6,10,13,16H,2,7-9H2,1H3,(H,19,20). The second kappa shape index (κ2) is 7.95. The second-order valence-electron chi connectivity index (χ2n) is 4.68. The van der Waals surface area contributed by atoms with Crippen molar-refractivity contribution in [2.24, 2.45) is 0 Å². The summed E-state index contributed by atoms with van der Waals surface area (Å²) in [6.07, 6.45) is 3.04. The molecule has 1 atom stereocenters. The highest BCUT2D eigenvalue weighted by Gasteiger charge is 2.16. The molecule has 0 aliphatic heterocycles. The molecule has 2 rings (SSSR count). The maximum atomic E-state index is 11.2. The van der Waals surface area contributed by atoms with Crippen molar-refractivity contribution < 1.29 is 9.90 Å². The smallest absolute Gasteiger partial charge is 0.320 e. The van der Waals surface area contributed by atoms with Crippen molar-refractivity contribution in [3.63, 3.8) is 0 Å². The van der Waals surface area contributed by atoms with Crippen LogP contribution in [0.4, 0.5) is 0 Å². The molecule has 0 saturated heterocycles. The molecule has 1 aromatic carbocycles. The van der Waals surface area contributed by atoms with Gasteiger partial charge in [0, 0.05) is 11.1 Å². The molecule has 1 unspecified atom stereocenters. The van der Waals surface area contributed by atoms with E-state index in [0.717, 1.165) is 28.9 Å². The van der Waals surface area contributed by atoms with Crippen LogP contribution in [0.1, 0.15) is 19.8 Å². The minimum absolute atomic E-state index is 0.495. The van der Waals surface area contributed by atoms with Crippen LogP contribution in [0.5, 0.6) is 0 Å². The molecule has 6 heteroatoms. The number of carboxylic acid groups (broad SMARTS) is 1.